The lowest BCUT2D eigenvalue weighted by Gasteiger charge is -2.17. The molecule has 0 aliphatic rings. The first-order chi connectivity index (χ1) is 9.99. The number of nitro groups is 1. The third-order valence-electron chi connectivity index (χ3n) is 3.19. The van der Waals surface area contributed by atoms with E-state index in [0.717, 1.165) is 11.5 Å². The number of benzene rings is 1. The molecule has 0 aliphatic heterocycles. The molecule has 1 unspecified atom stereocenters. The summed E-state index contributed by atoms with van der Waals surface area (Å²) in [7, 11) is 3.84. The van der Waals surface area contributed by atoms with E-state index in [9.17, 15) is 10.1 Å². The van der Waals surface area contributed by atoms with E-state index in [-0.39, 0.29) is 16.7 Å². The van der Waals surface area contributed by atoms with Crippen molar-refractivity contribution >= 4 is 17.2 Å². The van der Waals surface area contributed by atoms with Gasteiger partial charge in [0.2, 0.25) is 0 Å². The minimum atomic E-state index is -0.360. The van der Waals surface area contributed by atoms with Crippen LogP contribution in [0.25, 0.3) is 0 Å². The Balaban J connectivity index is 2.18. The highest BCUT2D eigenvalue weighted by atomic mass is 16.6. The van der Waals surface area contributed by atoms with Crippen LogP contribution in [-0.2, 0) is 0 Å². The largest absolute Gasteiger partial charge is 0.377 e. The molecule has 21 heavy (non-hydrogen) atoms. The smallest absolute Gasteiger partial charge is 0.274 e. The Kier molecular flexibility index (Phi) is 4.37. The van der Waals surface area contributed by atoms with Crippen molar-refractivity contribution in [2.75, 3.05) is 24.3 Å². The second kappa shape index (κ2) is 6.21. The number of aromatic nitrogens is 1. The van der Waals surface area contributed by atoms with E-state index in [1.54, 1.807) is 24.4 Å². The van der Waals surface area contributed by atoms with Gasteiger partial charge in [0.05, 0.1) is 28.4 Å². The number of anilines is 2. The average Bonchev–Trinajstić information content (AvgIpc) is 2.47. The standard InChI is InChI=1S/C15H18N4O2/c1-11(13-6-4-5-7-14(13)19(20)21)17-12-8-9-15(16-10-12)18(2)3/h4-11,17H,1-3H3. The Morgan fingerprint density at radius 3 is 2.52 bits per heavy atom. The van der Waals surface area contributed by atoms with E-state index < -0.39 is 0 Å². The van der Waals surface area contributed by atoms with E-state index in [1.165, 1.54) is 6.07 Å². The summed E-state index contributed by atoms with van der Waals surface area (Å²) in [4.78, 5) is 16.9. The molecule has 110 valence electrons. The van der Waals surface area contributed by atoms with Gasteiger partial charge in [-0.05, 0) is 19.1 Å². The predicted octanol–water partition coefficient (Wildman–Crippen LogP) is 3.23. The van der Waals surface area contributed by atoms with Gasteiger partial charge < -0.3 is 10.2 Å². The molecule has 1 heterocycles. The fourth-order valence-corrected chi connectivity index (χ4v) is 2.08. The number of hydrogen-bond acceptors (Lipinski definition) is 5. The second-order valence-electron chi connectivity index (χ2n) is 4.98. The minimum absolute atomic E-state index is 0.121. The number of nitrogens with zero attached hydrogens (tertiary/aromatic N) is 3. The maximum Gasteiger partial charge on any atom is 0.274 e. The average molecular weight is 286 g/mol. The molecular formula is C15H18N4O2. The predicted molar refractivity (Wildman–Crippen MR) is 83.7 cm³/mol. The van der Waals surface area contributed by atoms with Crippen molar-refractivity contribution in [3.63, 3.8) is 0 Å². The number of nitrogens with one attached hydrogen (secondary N) is 1. The third-order valence-corrected chi connectivity index (χ3v) is 3.19. The lowest BCUT2D eigenvalue weighted by molar-refractivity contribution is -0.385. The van der Waals surface area contributed by atoms with E-state index in [2.05, 4.69) is 10.3 Å². The number of para-hydroxylation sites is 1. The molecule has 0 fully saturated rings. The molecule has 1 N–H and O–H groups in total. The number of nitro benzene ring substituents is 1. The summed E-state index contributed by atoms with van der Waals surface area (Å²) in [5.74, 6) is 0.860. The molecule has 2 rings (SSSR count). The quantitative estimate of drug-likeness (QED) is 0.675. The van der Waals surface area contributed by atoms with Crippen molar-refractivity contribution in [2.24, 2.45) is 0 Å². The van der Waals surface area contributed by atoms with E-state index in [4.69, 9.17) is 0 Å². The molecule has 0 saturated carbocycles. The van der Waals surface area contributed by atoms with Crippen LogP contribution < -0.4 is 10.2 Å². The van der Waals surface area contributed by atoms with E-state index in [0.29, 0.717) is 5.56 Å². The molecule has 0 radical (unpaired) electrons. The van der Waals surface area contributed by atoms with Crippen molar-refractivity contribution in [2.45, 2.75) is 13.0 Å². The minimum Gasteiger partial charge on any atom is -0.377 e. The Bertz CT molecular complexity index is 626. The topological polar surface area (TPSA) is 71.3 Å². The molecule has 0 bridgehead atoms. The van der Waals surface area contributed by atoms with Gasteiger partial charge in [0.25, 0.3) is 5.69 Å². The monoisotopic (exact) mass is 286 g/mol. The Hall–Kier alpha value is -2.63. The first-order valence-electron chi connectivity index (χ1n) is 6.62. The molecule has 0 spiro atoms. The zero-order valence-corrected chi connectivity index (χ0v) is 12.3. The Morgan fingerprint density at radius 2 is 1.95 bits per heavy atom. The fraction of sp³-hybridized carbons (Fsp3) is 0.267. The molecule has 0 saturated heterocycles. The summed E-state index contributed by atoms with van der Waals surface area (Å²) in [6, 6.07) is 10.4. The van der Waals surface area contributed by atoms with Gasteiger partial charge in [0.15, 0.2) is 0 Å². The first-order valence-corrected chi connectivity index (χ1v) is 6.62. The van der Waals surface area contributed by atoms with Gasteiger partial charge in [-0.3, -0.25) is 10.1 Å². The van der Waals surface area contributed by atoms with Crippen LogP contribution in [0.15, 0.2) is 42.6 Å². The lowest BCUT2D eigenvalue weighted by Crippen LogP contribution is -2.12. The van der Waals surface area contributed by atoms with Gasteiger partial charge >= 0.3 is 0 Å². The van der Waals surface area contributed by atoms with E-state index in [1.807, 2.05) is 38.1 Å². The molecule has 2 aromatic rings. The van der Waals surface area contributed by atoms with Crippen LogP contribution in [0.5, 0.6) is 0 Å². The maximum atomic E-state index is 11.1. The summed E-state index contributed by atoms with van der Waals surface area (Å²) >= 11 is 0. The van der Waals surface area contributed by atoms with Crippen LogP contribution in [-0.4, -0.2) is 24.0 Å². The van der Waals surface area contributed by atoms with Gasteiger partial charge in [-0.2, -0.15) is 0 Å². The van der Waals surface area contributed by atoms with Crippen molar-refractivity contribution in [3.8, 4) is 0 Å². The highest BCUT2D eigenvalue weighted by molar-refractivity contribution is 5.51. The summed E-state index contributed by atoms with van der Waals surface area (Å²) in [5.41, 5.74) is 1.60. The fourth-order valence-electron chi connectivity index (χ4n) is 2.08. The number of pyridine rings is 1. The van der Waals surface area contributed by atoms with E-state index >= 15 is 0 Å². The molecule has 1 aromatic heterocycles. The molecule has 1 aromatic carbocycles. The van der Waals surface area contributed by atoms with Crippen molar-refractivity contribution < 1.29 is 4.92 Å². The summed E-state index contributed by atoms with van der Waals surface area (Å²) < 4.78 is 0. The zero-order chi connectivity index (χ0) is 15.4. The summed E-state index contributed by atoms with van der Waals surface area (Å²) in [5, 5.41) is 14.3. The second-order valence-corrected chi connectivity index (χ2v) is 4.98. The zero-order valence-electron chi connectivity index (χ0n) is 12.3. The first kappa shape index (κ1) is 14.8. The number of hydrogen-bond donors (Lipinski definition) is 1. The van der Waals surface area contributed by atoms with Crippen LogP contribution >= 0.6 is 0 Å². The number of rotatable bonds is 5. The van der Waals surface area contributed by atoms with Gasteiger partial charge in [-0.25, -0.2) is 4.98 Å². The van der Waals surface area contributed by atoms with Gasteiger partial charge in [-0.15, -0.1) is 0 Å². The molecule has 1 atom stereocenters. The highest BCUT2D eigenvalue weighted by Crippen LogP contribution is 2.27. The molecule has 6 heteroatoms. The van der Waals surface area contributed by atoms with Crippen LogP contribution in [0, 0.1) is 10.1 Å². The van der Waals surface area contributed by atoms with Crippen molar-refractivity contribution in [3.05, 3.63) is 58.3 Å². The third kappa shape index (κ3) is 3.47. The molecule has 0 amide bonds. The molecular weight excluding hydrogens is 268 g/mol. The van der Waals surface area contributed by atoms with Gasteiger partial charge in [0, 0.05) is 20.2 Å². The van der Waals surface area contributed by atoms with Crippen molar-refractivity contribution in [1.82, 2.24) is 4.98 Å². The maximum absolute atomic E-state index is 11.1. The summed E-state index contributed by atoms with van der Waals surface area (Å²) in [6.45, 7) is 1.89. The van der Waals surface area contributed by atoms with Gasteiger partial charge in [0.1, 0.15) is 5.82 Å². The van der Waals surface area contributed by atoms with Crippen LogP contribution in [0.1, 0.15) is 18.5 Å². The van der Waals surface area contributed by atoms with Crippen LogP contribution in [0.3, 0.4) is 0 Å². The summed E-state index contributed by atoms with van der Waals surface area (Å²) in [6.07, 6.45) is 1.72. The Labute approximate surface area is 123 Å². The Morgan fingerprint density at radius 1 is 1.24 bits per heavy atom. The molecule has 6 nitrogen and oxygen atoms in total. The lowest BCUT2D eigenvalue weighted by atomic mass is 10.1. The SMILES string of the molecule is CC(Nc1ccc(N(C)C)nc1)c1ccccc1[N+](=O)[O-]. The van der Waals surface area contributed by atoms with Crippen LogP contribution in [0.2, 0.25) is 0 Å². The normalized spacial score (nSPS) is 11.8. The van der Waals surface area contributed by atoms with Crippen LogP contribution in [0.4, 0.5) is 17.2 Å². The highest BCUT2D eigenvalue weighted by Gasteiger charge is 2.17. The van der Waals surface area contributed by atoms with Crippen molar-refractivity contribution in [1.29, 1.82) is 0 Å². The molecule has 0 aliphatic carbocycles. The van der Waals surface area contributed by atoms with Gasteiger partial charge in [-0.1, -0.05) is 18.2 Å².